The number of halogens is 5. The van der Waals surface area contributed by atoms with Gasteiger partial charge in [-0.1, -0.05) is 13.8 Å². The molecular formula is C16H20F5N3O3. The average Bonchev–Trinajstić information content (AvgIpc) is 2.63. The highest BCUT2D eigenvalue weighted by Gasteiger charge is 2.58. The maximum atomic E-state index is 13.1. The molecule has 0 bridgehead atoms. The van der Waals surface area contributed by atoms with Gasteiger partial charge in [-0.25, -0.2) is 4.98 Å². The van der Waals surface area contributed by atoms with Crippen LogP contribution in [0.1, 0.15) is 37.2 Å². The van der Waals surface area contributed by atoms with E-state index in [1.54, 1.807) is 13.8 Å². The number of amides is 2. The molecule has 0 aliphatic heterocycles. The molecule has 1 heterocycles. The predicted octanol–water partition coefficient (Wildman–Crippen LogP) is 2.69. The first-order chi connectivity index (χ1) is 12.4. The van der Waals surface area contributed by atoms with Gasteiger partial charge in [0.15, 0.2) is 18.1 Å². The molecule has 0 saturated carbocycles. The van der Waals surface area contributed by atoms with E-state index in [2.05, 4.69) is 20.4 Å². The first kappa shape index (κ1) is 22.6. The van der Waals surface area contributed by atoms with E-state index in [4.69, 9.17) is 0 Å². The Kier molecular flexibility index (Phi) is 7.10. The van der Waals surface area contributed by atoms with Crippen molar-refractivity contribution in [2.45, 2.75) is 44.3 Å². The Morgan fingerprint density at radius 2 is 1.74 bits per heavy atom. The molecule has 1 aromatic heterocycles. The minimum absolute atomic E-state index is 0.212. The Hall–Kier alpha value is -2.46. The molecule has 27 heavy (non-hydrogen) atoms. The van der Waals surface area contributed by atoms with Crippen molar-refractivity contribution in [3.8, 4) is 5.75 Å². The van der Waals surface area contributed by atoms with Crippen LogP contribution < -0.4 is 15.4 Å². The summed E-state index contributed by atoms with van der Waals surface area (Å²) < 4.78 is 67.4. The van der Waals surface area contributed by atoms with Crippen molar-refractivity contribution < 1.29 is 36.3 Å². The lowest BCUT2D eigenvalue weighted by molar-refractivity contribution is -0.290. The summed E-state index contributed by atoms with van der Waals surface area (Å²) in [5, 5.41) is 4.87. The van der Waals surface area contributed by atoms with E-state index in [-0.39, 0.29) is 12.8 Å². The molecule has 0 aliphatic rings. The van der Waals surface area contributed by atoms with Crippen molar-refractivity contribution in [1.82, 2.24) is 15.6 Å². The second-order valence-electron chi connectivity index (χ2n) is 5.66. The number of rotatable bonds is 8. The molecule has 0 spiro atoms. The third kappa shape index (κ3) is 5.04. The molecule has 0 atom stereocenters. The van der Waals surface area contributed by atoms with Crippen LogP contribution in [0.2, 0.25) is 0 Å². The first-order valence-corrected chi connectivity index (χ1v) is 8.01. The number of hydrogen-bond acceptors (Lipinski definition) is 4. The third-order valence-electron chi connectivity index (χ3n) is 4.03. The number of carbonyl (C=O) groups excluding carboxylic acids is 2. The van der Waals surface area contributed by atoms with E-state index in [1.807, 2.05) is 0 Å². The Bertz CT molecular complexity index is 676. The lowest BCUT2D eigenvalue weighted by Gasteiger charge is -2.30. The Morgan fingerprint density at radius 1 is 1.15 bits per heavy atom. The van der Waals surface area contributed by atoms with Crippen LogP contribution in [-0.2, 0) is 4.79 Å². The average molecular weight is 397 g/mol. The summed E-state index contributed by atoms with van der Waals surface area (Å²) in [5.41, 5.74) is -1.80. The maximum Gasteiger partial charge on any atom is 0.456 e. The number of ether oxygens (including phenoxy) is 1. The Labute approximate surface area is 152 Å². The molecule has 1 aromatic rings. The quantitative estimate of drug-likeness (QED) is 0.661. The molecule has 1 rings (SSSR count). The zero-order valence-corrected chi connectivity index (χ0v) is 14.9. The largest absolute Gasteiger partial charge is 0.484 e. The molecule has 11 heteroatoms. The van der Waals surface area contributed by atoms with E-state index in [9.17, 15) is 31.5 Å². The van der Waals surface area contributed by atoms with E-state index >= 15 is 0 Å². The van der Waals surface area contributed by atoms with E-state index in [0.29, 0.717) is 0 Å². The fourth-order valence-electron chi connectivity index (χ4n) is 2.25. The number of alkyl halides is 5. The first-order valence-electron chi connectivity index (χ1n) is 8.01. The van der Waals surface area contributed by atoms with E-state index in [0.717, 1.165) is 12.3 Å². The fourth-order valence-corrected chi connectivity index (χ4v) is 2.25. The van der Waals surface area contributed by atoms with Gasteiger partial charge in [0.25, 0.3) is 5.91 Å². The summed E-state index contributed by atoms with van der Waals surface area (Å²) in [6.07, 6.45) is -4.23. The summed E-state index contributed by atoms with van der Waals surface area (Å²) in [5.74, 6) is -7.08. The van der Waals surface area contributed by atoms with Gasteiger partial charge in [-0.05, 0) is 25.0 Å². The zero-order valence-electron chi connectivity index (χ0n) is 14.9. The number of nitrogens with zero attached hydrogens (tertiary/aromatic N) is 1. The fraction of sp³-hybridized carbons (Fsp3) is 0.562. The minimum atomic E-state index is -5.80. The number of likely N-dealkylation sites (N-methyl/N-ethyl adjacent to an activating group) is 1. The van der Waals surface area contributed by atoms with Crippen molar-refractivity contribution in [3.63, 3.8) is 0 Å². The zero-order chi connectivity index (χ0) is 20.9. The third-order valence-corrected chi connectivity index (χ3v) is 4.03. The van der Waals surface area contributed by atoms with Crippen molar-refractivity contribution in [1.29, 1.82) is 0 Å². The molecule has 2 N–H and O–H groups in total. The lowest BCUT2D eigenvalue weighted by atomic mass is 9.91. The highest BCUT2D eigenvalue weighted by atomic mass is 19.4. The molecule has 0 radical (unpaired) electrons. The molecule has 0 fully saturated rings. The smallest absolute Gasteiger partial charge is 0.456 e. The van der Waals surface area contributed by atoms with Gasteiger partial charge in [-0.15, -0.1) is 0 Å². The van der Waals surface area contributed by atoms with Crippen LogP contribution in [-0.4, -0.2) is 48.1 Å². The van der Waals surface area contributed by atoms with Crippen LogP contribution in [0.3, 0.4) is 0 Å². The molecule has 0 saturated heterocycles. The topological polar surface area (TPSA) is 80.3 Å². The van der Waals surface area contributed by atoms with Gasteiger partial charge < -0.3 is 15.4 Å². The highest BCUT2D eigenvalue weighted by Crippen LogP contribution is 2.36. The van der Waals surface area contributed by atoms with Gasteiger partial charge in [0.2, 0.25) is 5.91 Å². The van der Waals surface area contributed by atoms with Gasteiger partial charge in [0.05, 0.1) is 0 Å². The normalized spacial score (nSPS) is 12.4. The van der Waals surface area contributed by atoms with Crippen LogP contribution >= 0.6 is 0 Å². The summed E-state index contributed by atoms with van der Waals surface area (Å²) in [6.45, 7) is 1.29. The van der Waals surface area contributed by atoms with Crippen molar-refractivity contribution >= 4 is 11.8 Å². The summed E-state index contributed by atoms with van der Waals surface area (Å²) in [6, 6.07) is 2.25. The molecule has 0 aromatic carbocycles. The van der Waals surface area contributed by atoms with Gasteiger partial charge >= 0.3 is 12.1 Å². The monoisotopic (exact) mass is 397 g/mol. The lowest BCUT2D eigenvalue weighted by Crippen LogP contribution is -2.57. The van der Waals surface area contributed by atoms with Crippen molar-refractivity contribution in [2.24, 2.45) is 0 Å². The minimum Gasteiger partial charge on any atom is -0.484 e. The van der Waals surface area contributed by atoms with Crippen molar-refractivity contribution in [3.05, 3.63) is 24.0 Å². The summed E-state index contributed by atoms with van der Waals surface area (Å²) in [4.78, 5) is 28.3. The van der Waals surface area contributed by atoms with Crippen LogP contribution in [0.5, 0.6) is 5.75 Å². The SMILES string of the molecule is CCC(CC)(NC(=O)c1ncccc1OCC(F)(F)C(F)(F)F)C(=O)NC. The second-order valence-corrected chi connectivity index (χ2v) is 5.66. The Morgan fingerprint density at radius 3 is 2.22 bits per heavy atom. The number of pyridine rings is 1. The molecule has 0 aliphatic carbocycles. The van der Waals surface area contributed by atoms with Crippen LogP contribution in [0.15, 0.2) is 18.3 Å². The molecule has 6 nitrogen and oxygen atoms in total. The van der Waals surface area contributed by atoms with E-state index in [1.165, 1.54) is 13.1 Å². The van der Waals surface area contributed by atoms with Crippen molar-refractivity contribution in [2.75, 3.05) is 13.7 Å². The summed E-state index contributed by atoms with van der Waals surface area (Å²) in [7, 11) is 1.38. The Balaban J connectivity index is 3.08. The number of carbonyl (C=O) groups is 2. The number of aromatic nitrogens is 1. The van der Waals surface area contributed by atoms with Gasteiger partial charge in [-0.3, -0.25) is 9.59 Å². The predicted molar refractivity (Wildman–Crippen MR) is 85.6 cm³/mol. The van der Waals surface area contributed by atoms with Gasteiger partial charge in [0, 0.05) is 13.2 Å². The standard InChI is InChI=1S/C16H20F5N3O3/c1-4-14(5-2,13(26)22-3)24-12(25)11-10(7-6-8-23-11)27-9-15(17,18)16(19,20)21/h6-8H,4-5,9H2,1-3H3,(H,22,26)(H,24,25). The van der Waals surface area contributed by atoms with Crippen LogP contribution in [0.4, 0.5) is 22.0 Å². The molecule has 0 unspecified atom stereocenters. The molecule has 2 amide bonds. The maximum absolute atomic E-state index is 13.1. The van der Waals surface area contributed by atoms with Gasteiger partial charge in [-0.2, -0.15) is 22.0 Å². The number of nitrogens with one attached hydrogen (secondary N) is 2. The number of hydrogen-bond donors (Lipinski definition) is 2. The van der Waals surface area contributed by atoms with Crippen LogP contribution in [0.25, 0.3) is 0 Å². The van der Waals surface area contributed by atoms with Crippen LogP contribution in [0, 0.1) is 0 Å². The summed E-state index contributed by atoms with van der Waals surface area (Å²) >= 11 is 0. The van der Waals surface area contributed by atoms with Gasteiger partial charge in [0.1, 0.15) is 5.54 Å². The highest BCUT2D eigenvalue weighted by molar-refractivity contribution is 5.99. The molecule has 152 valence electrons. The molecular weight excluding hydrogens is 377 g/mol. The second kappa shape index (κ2) is 8.49. The van der Waals surface area contributed by atoms with E-state index < -0.39 is 47.5 Å².